The van der Waals surface area contributed by atoms with E-state index in [1.165, 1.54) is 7.11 Å². The summed E-state index contributed by atoms with van der Waals surface area (Å²) in [7, 11) is 1.52. The van der Waals surface area contributed by atoms with E-state index in [9.17, 15) is 4.39 Å². The Morgan fingerprint density at radius 3 is 2.70 bits per heavy atom. The number of methoxy groups -OCH3 is 1. The molecule has 0 radical (unpaired) electrons. The number of halogens is 1. The maximum absolute atomic E-state index is 14.3. The van der Waals surface area contributed by atoms with E-state index in [1.807, 2.05) is 12.1 Å². The topological polar surface area (TPSA) is 21.7 Å². The van der Waals surface area contributed by atoms with Gasteiger partial charge in [0.2, 0.25) is 0 Å². The minimum absolute atomic E-state index is 0.183. The molecule has 0 bridgehead atoms. The molecule has 0 saturated carbocycles. The lowest BCUT2D eigenvalue weighted by Gasteiger charge is -2.35. The molecule has 3 rings (SSSR count). The monoisotopic (exact) mass is 279 g/mol. The molecule has 1 unspecified atom stereocenters. The van der Waals surface area contributed by atoms with Crippen LogP contribution in [0.15, 0.2) is 18.2 Å². The second-order valence-corrected chi connectivity index (χ2v) is 5.69. The van der Waals surface area contributed by atoms with Gasteiger partial charge in [0.25, 0.3) is 0 Å². The van der Waals surface area contributed by atoms with Gasteiger partial charge in [0.05, 0.1) is 13.7 Å². The van der Waals surface area contributed by atoms with Gasteiger partial charge in [-0.15, -0.1) is 0 Å². The number of ether oxygens (including phenoxy) is 2. The number of benzene rings is 1. The molecular formula is C16H22FNO2. The Morgan fingerprint density at radius 2 is 2.05 bits per heavy atom. The van der Waals surface area contributed by atoms with Crippen molar-refractivity contribution >= 4 is 0 Å². The summed E-state index contributed by atoms with van der Waals surface area (Å²) in [6, 6.07) is 6.04. The smallest absolute Gasteiger partial charge is 0.168 e. The molecular weight excluding hydrogens is 257 g/mol. The van der Waals surface area contributed by atoms with Gasteiger partial charge >= 0.3 is 0 Å². The summed E-state index contributed by atoms with van der Waals surface area (Å²) < 4.78 is 24.8. The van der Waals surface area contributed by atoms with Crippen molar-refractivity contribution in [3.8, 4) is 5.75 Å². The average molecular weight is 279 g/mol. The zero-order chi connectivity index (χ0) is 13.9. The van der Waals surface area contributed by atoms with Gasteiger partial charge in [-0.1, -0.05) is 12.1 Å². The van der Waals surface area contributed by atoms with E-state index in [0.29, 0.717) is 17.7 Å². The Hall–Kier alpha value is -1.13. The first kappa shape index (κ1) is 13.8. The highest BCUT2D eigenvalue weighted by Gasteiger charge is 2.29. The summed E-state index contributed by atoms with van der Waals surface area (Å²) in [5.41, 5.74) is 0.812. The van der Waals surface area contributed by atoms with E-state index in [0.717, 1.165) is 51.1 Å². The van der Waals surface area contributed by atoms with E-state index in [2.05, 4.69) is 4.90 Å². The Morgan fingerprint density at radius 1 is 1.25 bits per heavy atom. The fourth-order valence-corrected chi connectivity index (χ4v) is 3.39. The summed E-state index contributed by atoms with van der Waals surface area (Å²) in [6.45, 7) is 3.82. The van der Waals surface area contributed by atoms with E-state index >= 15 is 0 Å². The Bertz CT molecular complexity index is 452. The lowest BCUT2D eigenvalue weighted by molar-refractivity contribution is 0.121. The van der Waals surface area contributed by atoms with Gasteiger partial charge in [-0.05, 0) is 49.9 Å². The largest absolute Gasteiger partial charge is 0.494 e. The first-order valence-corrected chi connectivity index (χ1v) is 7.44. The third-order valence-electron chi connectivity index (χ3n) is 4.60. The summed E-state index contributed by atoms with van der Waals surface area (Å²) >= 11 is 0. The van der Waals surface area contributed by atoms with Gasteiger partial charge < -0.3 is 9.47 Å². The molecule has 0 N–H and O–H groups in total. The molecule has 4 heteroatoms. The van der Waals surface area contributed by atoms with Crippen molar-refractivity contribution in [1.82, 2.24) is 4.90 Å². The maximum Gasteiger partial charge on any atom is 0.168 e. The van der Waals surface area contributed by atoms with Crippen LogP contribution in [0.4, 0.5) is 4.39 Å². The van der Waals surface area contributed by atoms with Gasteiger partial charge in [-0.3, -0.25) is 4.90 Å². The third-order valence-corrected chi connectivity index (χ3v) is 4.60. The highest BCUT2D eigenvalue weighted by atomic mass is 19.1. The highest BCUT2D eigenvalue weighted by Crippen LogP contribution is 2.34. The van der Waals surface area contributed by atoms with Gasteiger partial charge in [-0.2, -0.15) is 0 Å². The summed E-state index contributed by atoms with van der Waals surface area (Å²) in [5.74, 6) is 0.482. The molecule has 0 aromatic heterocycles. The molecule has 2 aliphatic heterocycles. The molecule has 3 nitrogen and oxygen atoms in total. The van der Waals surface area contributed by atoms with Crippen LogP contribution in [0.1, 0.15) is 30.7 Å². The van der Waals surface area contributed by atoms with Crippen LogP contribution < -0.4 is 4.74 Å². The minimum Gasteiger partial charge on any atom is -0.494 e. The minimum atomic E-state index is -0.183. The van der Waals surface area contributed by atoms with Crippen LogP contribution in [-0.2, 0) is 4.74 Å². The Labute approximate surface area is 119 Å². The molecule has 0 spiro atoms. The number of hydrogen-bond acceptors (Lipinski definition) is 3. The second-order valence-electron chi connectivity index (χ2n) is 5.69. The molecule has 110 valence electrons. The summed E-state index contributed by atoms with van der Waals surface area (Å²) in [5, 5.41) is 0. The van der Waals surface area contributed by atoms with Crippen LogP contribution in [0, 0.1) is 5.82 Å². The first-order valence-electron chi connectivity index (χ1n) is 7.44. The van der Waals surface area contributed by atoms with Crippen LogP contribution in [-0.4, -0.2) is 44.4 Å². The molecule has 2 fully saturated rings. The molecule has 0 aliphatic carbocycles. The second kappa shape index (κ2) is 6.10. The molecule has 2 heterocycles. The first-order chi connectivity index (χ1) is 9.79. The number of likely N-dealkylation sites (tertiary alicyclic amines) is 1. The Balaban J connectivity index is 1.65. The van der Waals surface area contributed by atoms with Gasteiger partial charge in [-0.25, -0.2) is 4.39 Å². The summed E-state index contributed by atoms with van der Waals surface area (Å²) in [6.07, 6.45) is 3.17. The normalized spacial score (nSPS) is 25.0. The van der Waals surface area contributed by atoms with E-state index in [4.69, 9.17) is 9.47 Å². The number of nitrogens with zero attached hydrogens (tertiary/aromatic N) is 1. The van der Waals surface area contributed by atoms with Crippen molar-refractivity contribution in [3.05, 3.63) is 29.6 Å². The van der Waals surface area contributed by atoms with Crippen molar-refractivity contribution in [2.45, 2.75) is 31.2 Å². The number of rotatable bonds is 3. The molecule has 2 aliphatic rings. The van der Waals surface area contributed by atoms with Crippen molar-refractivity contribution in [2.75, 3.05) is 33.4 Å². The zero-order valence-corrected chi connectivity index (χ0v) is 12.0. The SMILES string of the molecule is COc1cccc(C2CCN(C3CCOC3)CC2)c1F. The third kappa shape index (κ3) is 2.67. The predicted molar refractivity (Wildman–Crippen MR) is 75.7 cm³/mol. The average Bonchev–Trinajstić information content (AvgIpc) is 3.02. The fraction of sp³-hybridized carbons (Fsp3) is 0.625. The van der Waals surface area contributed by atoms with Gasteiger partial charge in [0.15, 0.2) is 11.6 Å². The zero-order valence-electron chi connectivity index (χ0n) is 12.0. The van der Waals surface area contributed by atoms with Crippen molar-refractivity contribution in [1.29, 1.82) is 0 Å². The van der Waals surface area contributed by atoms with Crippen LogP contribution >= 0.6 is 0 Å². The van der Waals surface area contributed by atoms with E-state index in [1.54, 1.807) is 6.07 Å². The van der Waals surface area contributed by atoms with E-state index in [-0.39, 0.29) is 5.82 Å². The fourth-order valence-electron chi connectivity index (χ4n) is 3.39. The van der Waals surface area contributed by atoms with Gasteiger partial charge in [0.1, 0.15) is 0 Å². The van der Waals surface area contributed by atoms with Gasteiger partial charge in [0, 0.05) is 12.6 Å². The molecule has 0 amide bonds. The lowest BCUT2D eigenvalue weighted by Crippen LogP contribution is -2.41. The quantitative estimate of drug-likeness (QED) is 0.849. The summed E-state index contributed by atoms with van der Waals surface area (Å²) in [4.78, 5) is 2.50. The van der Waals surface area contributed by atoms with Crippen molar-refractivity contribution in [3.63, 3.8) is 0 Å². The number of piperidine rings is 1. The van der Waals surface area contributed by atoms with Crippen molar-refractivity contribution in [2.24, 2.45) is 0 Å². The highest BCUT2D eigenvalue weighted by molar-refractivity contribution is 5.33. The maximum atomic E-state index is 14.3. The molecule has 1 atom stereocenters. The molecule has 1 aromatic carbocycles. The van der Waals surface area contributed by atoms with Crippen LogP contribution in [0.2, 0.25) is 0 Å². The number of hydrogen-bond donors (Lipinski definition) is 0. The Kier molecular flexibility index (Phi) is 4.22. The molecule has 2 saturated heterocycles. The van der Waals surface area contributed by atoms with Crippen LogP contribution in [0.5, 0.6) is 5.75 Å². The van der Waals surface area contributed by atoms with Crippen LogP contribution in [0.3, 0.4) is 0 Å². The van der Waals surface area contributed by atoms with Crippen LogP contribution in [0.25, 0.3) is 0 Å². The molecule has 20 heavy (non-hydrogen) atoms. The predicted octanol–water partition coefficient (Wildman–Crippen LogP) is 2.80. The molecule has 1 aromatic rings. The van der Waals surface area contributed by atoms with Crippen molar-refractivity contribution < 1.29 is 13.9 Å². The van der Waals surface area contributed by atoms with E-state index < -0.39 is 0 Å². The standard InChI is InChI=1S/C16H22FNO2/c1-19-15-4-2-3-14(16(15)17)12-5-8-18(9-6-12)13-7-10-20-11-13/h2-4,12-13H,5-11H2,1H3. The lowest BCUT2D eigenvalue weighted by atomic mass is 9.88.